The van der Waals surface area contributed by atoms with E-state index in [1.807, 2.05) is 0 Å². The first-order valence-corrected chi connectivity index (χ1v) is 10.1. The average Bonchev–Trinajstić information content (AvgIpc) is 3.14. The zero-order valence-corrected chi connectivity index (χ0v) is 17.2. The third-order valence-corrected chi connectivity index (χ3v) is 5.74. The fourth-order valence-electron chi connectivity index (χ4n) is 3.25. The number of esters is 1. The summed E-state index contributed by atoms with van der Waals surface area (Å²) < 4.78 is 44.8. The highest BCUT2D eigenvalue weighted by Gasteiger charge is 2.34. The Morgan fingerprint density at radius 2 is 2.00 bits per heavy atom. The van der Waals surface area contributed by atoms with Gasteiger partial charge in [-0.1, -0.05) is 0 Å². The second-order valence-corrected chi connectivity index (χ2v) is 8.35. The van der Waals surface area contributed by atoms with Crippen LogP contribution in [0.25, 0.3) is 0 Å². The summed E-state index contributed by atoms with van der Waals surface area (Å²) >= 11 is 1.33. The smallest absolute Gasteiger partial charge is 0.435 e. The first kappa shape index (κ1) is 21.4. The van der Waals surface area contributed by atoms with Crippen molar-refractivity contribution in [3.63, 3.8) is 0 Å². The molecule has 10 heteroatoms. The molecule has 0 radical (unpaired) electrons. The van der Waals surface area contributed by atoms with Gasteiger partial charge in [0.1, 0.15) is 11.5 Å². The Morgan fingerprint density at radius 1 is 1.31 bits per heavy atom. The number of alkyl halides is 3. The Morgan fingerprint density at radius 3 is 2.62 bits per heavy atom. The van der Waals surface area contributed by atoms with E-state index in [4.69, 9.17) is 4.74 Å². The van der Waals surface area contributed by atoms with Gasteiger partial charge in [-0.05, 0) is 58.1 Å². The number of halogens is 3. The highest BCUT2D eigenvalue weighted by molar-refractivity contribution is 7.17. The highest BCUT2D eigenvalue weighted by Crippen LogP contribution is 2.38. The molecule has 0 bridgehead atoms. The molecule has 1 aliphatic rings. The first-order valence-electron chi connectivity index (χ1n) is 9.33. The quantitative estimate of drug-likeness (QED) is 0.717. The summed E-state index contributed by atoms with van der Waals surface area (Å²) in [5.41, 5.74) is 0.435. The van der Waals surface area contributed by atoms with Gasteiger partial charge in [0.25, 0.3) is 0 Å². The van der Waals surface area contributed by atoms with Crippen molar-refractivity contribution in [1.82, 2.24) is 9.78 Å². The topological polar surface area (TPSA) is 73.2 Å². The third kappa shape index (κ3) is 4.80. The van der Waals surface area contributed by atoms with Gasteiger partial charge in [0, 0.05) is 10.6 Å². The Labute approximate surface area is 170 Å². The molecule has 0 saturated heterocycles. The van der Waals surface area contributed by atoms with Crippen molar-refractivity contribution in [1.29, 1.82) is 0 Å². The van der Waals surface area contributed by atoms with E-state index in [1.54, 1.807) is 13.8 Å². The molecule has 2 aromatic rings. The molecular weight excluding hydrogens is 407 g/mol. The van der Waals surface area contributed by atoms with Gasteiger partial charge in [0.15, 0.2) is 5.69 Å². The Balaban J connectivity index is 1.82. The predicted molar refractivity (Wildman–Crippen MR) is 102 cm³/mol. The van der Waals surface area contributed by atoms with Crippen molar-refractivity contribution in [3.05, 3.63) is 33.5 Å². The van der Waals surface area contributed by atoms with Gasteiger partial charge in [0.05, 0.1) is 11.7 Å². The Bertz CT molecular complexity index is 931. The van der Waals surface area contributed by atoms with E-state index in [9.17, 15) is 22.8 Å². The summed E-state index contributed by atoms with van der Waals surface area (Å²) in [7, 11) is 0. The van der Waals surface area contributed by atoms with Crippen LogP contribution in [0.4, 0.5) is 18.2 Å². The minimum absolute atomic E-state index is 0.220. The molecule has 0 aromatic carbocycles. The number of aryl methyl sites for hydroxylation is 2. The van der Waals surface area contributed by atoms with Crippen LogP contribution in [0.3, 0.4) is 0 Å². The van der Waals surface area contributed by atoms with Crippen LogP contribution in [0.1, 0.15) is 58.9 Å². The molecule has 0 aliphatic heterocycles. The minimum atomic E-state index is -4.58. The molecule has 2 heterocycles. The number of fused-ring (bicyclic) bond motifs is 1. The SMILES string of the molecule is Cc1cc(C(F)(F)F)nn1CC(=O)Nc1sc2c(c1C(=O)OC(C)C)CCCC2. The average molecular weight is 429 g/mol. The fourth-order valence-corrected chi connectivity index (χ4v) is 4.55. The molecule has 0 atom stereocenters. The molecule has 1 N–H and O–H groups in total. The van der Waals surface area contributed by atoms with Crippen LogP contribution >= 0.6 is 11.3 Å². The number of hydrogen-bond donors (Lipinski definition) is 1. The van der Waals surface area contributed by atoms with Crippen molar-refractivity contribution in [2.45, 2.75) is 65.3 Å². The largest absolute Gasteiger partial charge is 0.459 e. The number of amides is 1. The Hall–Kier alpha value is -2.36. The van der Waals surface area contributed by atoms with Gasteiger partial charge in [-0.3, -0.25) is 9.48 Å². The molecule has 1 aliphatic carbocycles. The molecule has 1 amide bonds. The van der Waals surface area contributed by atoms with Gasteiger partial charge >= 0.3 is 12.1 Å². The molecule has 0 fully saturated rings. The Kier molecular flexibility index (Phi) is 6.02. The van der Waals surface area contributed by atoms with E-state index in [-0.39, 0.29) is 18.3 Å². The maximum absolute atomic E-state index is 12.8. The summed E-state index contributed by atoms with van der Waals surface area (Å²) in [5.74, 6) is -1.05. The molecule has 6 nitrogen and oxygen atoms in total. The number of rotatable bonds is 5. The molecule has 0 unspecified atom stereocenters. The third-order valence-electron chi connectivity index (χ3n) is 4.54. The van der Waals surface area contributed by atoms with E-state index >= 15 is 0 Å². The highest BCUT2D eigenvalue weighted by atomic mass is 32.1. The van der Waals surface area contributed by atoms with Crippen LogP contribution in [0.5, 0.6) is 0 Å². The van der Waals surface area contributed by atoms with Crippen molar-refractivity contribution in [2.75, 3.05) is 5.32 Å². The van der Waals surface area contributed by atoms with Crippen molar-refractivity contribution >= 4 is 28.2 Å². The van der Waals surface area contributed by atoms with Gasteiger partial charge < -0.3 is 10.1 Å². The second-order valence-electron chi connectivity index (χ2n) is 7.24. The van der Waals surface area contributed by atoms with E-state index in [0.717, 1.165) is 46.9 Å². The number of aromatic nitrogens is 2. The summed E-state index contributed by atoms with van der Waals surface area (Å²) in [6, 6.07) is 0.891. The molecule has 0 spiro atoms. The lowest BCUT2D eigenvalue weighted by molar-refractivity contribution is -0.141. The summed E-state index contributed by atoms with van der Waals surface area (Å²) in [5, 5.41) is 6.53. The second kappa shape index (κ2) is 8.17. The zero-order chi connectivity index (χ0) is 21.3. The van der Waals surface area contributed by atoms with Crippen molar-refractivity contribution < 1.29 is 27.5 Å². The van der Waals surface area contributed by atoms with E-state index < -0.39 is 23.7 Å². The first-order chi connectivity index (χ1) is 13.6. The maximum Gasteiger partial charge on any atom is 0.435 e. The number of hydrogen-bond acceptors (Lipinski definition) is 5. The summed E-state index contributed by atoms with van der Waals surface area (Å²) in [6.45, 7) is 4.55. The molecule has 29 heavy (non-hydrogen) atoms. The number of carbonyl (C=O) groups excluding carboxylic acids is 2. The number of anilines is 1. The predicted octanol–water partition coefficient (Wildman–Crippen LogP) is 4.35. The summed E-state index contributed by atoms with van der Waals surface area (Å²) in [6.07, 6.45) is -1.37. The van der Waals surface area contributed by atoms with Crippen molar-refractivity contribution in [3.8, 4) is 0 Å². The van der Waals surface area contributed by atoms with Crippen LogP contribution < -0.4 is 5.32 Å². The molecular formula is C19H22F3N3O3S. The van der Waals surface area contributed by atoms with Gasteiger partial charge in [-0.15, -0.1) is 11.3 Å². The van der Waals surface area contributed by atoms with Gasteiger partial charge in [-0.25, -0.2) is 4.79 Å². The number of carbonyl (C=O) groups is 2. The standard InChI is InChI=1S/C19H22F3N3O3S/c1-10(2)28-18(27)16-12-6-4-5-7-13(12)29-17(16)23-15(26)9-25-11(3)8-14(24-25)19(20,21)22/h8,10H,4-7,9H2,1-3H3,(H,23,26). The molecule has 0 saturated carbocycles. The maximum atomic E-state index is 12.8. The van der Waals surface area contributed by atoms with Crippen LogP contribution in [0, 0.1) is 6.92 Å². The monoisotopic (exact) mass is 429 g/mol. The van der Waals surface area contributed by atoms with E-state index in [1.165, 1.54) is 18.3 Å². The number of ether oxygens (including phenoxy) is 1. The molecule has 158 valence electrons. The fraction of sp³-hybridized carbons (Fsp3) is 0.526. The van der Waals surface area contributed by atoms with Crippen molar-refractivity contribution in [2.24, 2.45) is 0 Å². The molecule has 3 rings (SSSR count). The number of nitrogens with one attached hydrogen (secondary N) is 1. The lowest BCUT2D eigenvalue weighted by Gasteiger charge is -2.14. The van der Waals surface area contributed by atoms with E-state index in [2.05, 4.69) is 10.4 Å². The van der Waals surface area contributed by atoms with E-state index in [0.29, 0.717) is 10.6 Å². The molecule has 2 aromatic heterocycles. The van der Waals surface area contributed by atoms with Gasteiger partial charge in [0.2, 0.25) is 5.91 Å². The van der Waals surface area contributed by atoms with Crippen LogP contribution in [-0.2, 0) is 35.1 Å². The van der Waals surface area contributed by atoms with Crippen LogP contribution in [0.15, 0.2) is 6.07 Å². The number of thiophene rings is 1. The minimum Gasteiger partial charge on any atom is -0.459 e. The lowest BCUT2D eigenvalue weighted by atomic mass is 9.95. The summed E-state index contributed by atoms with van der Waals surface area (Å²) in [4.78, 5) is 26.2. The lowest BCUT2D eigenvalue weighted by Crippen LogP contribution is -2.22. The zero-order valence-electron chi connectivity index (χ0n) is 16.4. The van der Waals surface area contributed by atoms with Gasteiger partial charge in [-0.2, -0.15) is 18.3 Å². The van der Waals surface area contributed by atoms with Crippen LogP contribution in [-0.4, -0.2) is 27.8 Å². The number of nitrogens with zero attached hydrogens (tertiary/aromatic N) is 2. The normalized spacial score (nSPS) is 14.0. The van der Waals surface area contributed by atoms with Crippen LogP contribution in [0.2, 0.25) is 0 Å².